The molecule has 2 aromatic heterocycles. The van der Waals surface area contributed by atoms with Gasteiger partial charge < -0.3 is 5.32 Å². The van der Waals surface area contributed by atoms with Crippen LogP contribution >= 0.6 is 11.8 Å². The van der Waals surface area contributed by atoms with Crippen LogP contribution in [0.25, 0.3) is 5.65 Å². The van der Waals surface area contributed by atoms with E-state index < -0.39 is 0 Å². The molecule has 0 spiro atoms. The van der Waals surface area contributed by atoms with Gasteiger partial charge in [0.1, 0.15) is 0 Å². The number of nitrogens with zero attached hydrogens (tertiary/aromatic N) is 3. The van der Waals surface area contributed by atoms with Crippen molar-refractivity contribution in [1.29, 1.82) is 0 Å². The summed E-state index contributed by atoms with van der Waals surface area (Å²) in [5.41, 5.74) is 0.799. The highest BCUT2D eigenvalue weighted by Gasteiger charge is 2.10. The molecule has 0 fully saturated rings. The minimum absolute atomic E-state index is 0.0525. The van der Waals surface area contributed by atoms with Crippen LogP contribution in [-0.2, 0) is 4.79 Å². The summed E-state index contributed by atoms with van der Waals surface area (Å²) in [7, 11) is 0. The van der Waals surface area contributed by atoms with Crippen LogP contribution in [0, 0.1) is 0 Å². The van der Waals surface area contributed by atoms with Gasteiger partial charge in [-0.1, -0.05) is 44.0 Å². The molecule has 0 saturated heterocycles. The molecule has 0 aromatic carbocycles. The Balaban J connectivity index is 1.78. The van der Waals surface area contributed by atoms with Gasteiger partial charge >= 0.3 is 0 Å². The number of rotatable bonds is 8. The van der Waals surface area contributed by atoms with E-state index in [9.17, 15) is 4.79 Å². The quantitative estimate of drug-likeness (QED) is 0.602. The summed E-state index contributed by atoms with van der Waals surface area (Å²) >= 11 is 1.41. The Morgan fingerprint density at radius 3 is 3.05 bits per heavy atom. The molecule has 114 valence electrons. The van der Waals surface area contributed by atoms with Crippen molar-refractivity contribution in [2.75, 3.05) is 5.75 Å². The molecule has 5 nitrogen and oxygen atoms in total. The number of fused-ring (bicyclic) bond motifs is 1. The molecular formula is C15H22N4OS. The summed E-state index contributed by atoms with van der Waals surface area (Å²) in [4.78, 5) is 11.9. The largest absolute Gasteiger partial charge is 0.353 e. The van der Waals surface area contributed by atoms with Crippen LogP contribution < -0.4 is 5.32 Å². The third kappa shape index (κ3) is 4.74. The monoisotopic (exact) mass is 306 g/mol. The molecule has 0 aliphatic heterocycles. The fraction of sp³-hybridized carbons (Fsp3) is 0.533. The topological polar surface area (TPSA) is 59.3 Å². The SMILES string of the molecule is CCCCCC(C)NC(=O)CSc1nnc2ccccn12. The minimum Gasteiger partial charge on any atom is -0.353 e. The van der Waals surface area contributed by atoms with E-state index in [-0.39, 0.29) is 11.9 Å². The molecule has 0 aliphatic rings. The van der Waals surface area contributed by atoms with Crippen molar-refractivity contribution in [3.63, 3.8) is 0 Å². The van der Waals surface area contributed by atoms with Crippen LogP contribution in [-0.4, -0.2) is 32.3 Å². The third-order valence-corrected chi connectivity index (χ3v) is 4.21. The molecule has 0 aliphatic carbocycles. The zero-order valence-electron chi connectivity index (χ0n) is 12.6. The first-order valence-electron chi connectivity index (χ1n) is 7.42. The summed E-state index contributed by atoms with van der Waals surface area (Å²) < 4.78 is 1.89. The number of pyridine rings is 1. The van der Waals surface area contributed by atoms with Gasteiger partial charge in [-0.25, -0.2) is 0 Å². The fourth-order valence-electron chi connectivity index (χ4n) is 2.14. The van der Waals surface area contributed by atoms with Crippen molar-refractivity contribution >= 4 is 23.3 Å². The Bertz CT molecular complexity index is 584. The van der Waals surface area contributed by atoms with Gasteiger partial charge in [0.15, 0.2) is 10.8 Å². The number of carbonyl (C=O) groups excluding carboxylic acids is 1. The predicted molar refractivity (Wildman–Crippen MR) is 85.5 cm³/mol. The second-order valence-electron chi connectivity index (χ2n) is 5.16. The van der Waals surface area contributed by atoms with E-state index in [1.165, 1.54) is 31.0 Å². The number of amides is 1. The molecular weight excluding hydrogens is 284 g/mol. The predicted octanol–water partition coefficient (Wildman–Crippen LogP) is 2.91. The lowest BCUT2D eigenvalue weighted by atomic mass is 10.1. The van der Waals surface area contributed by atoms with E-state index in [0.29, 0.717) is 5.75 Å². The number of aromatic nitrogens is 3. The van der Waals surface area contributed by atoms with Gasteiger partial charge in [-0.2, -0.15) is 0 Å². The van der Waals surface area contributed by atoms with Crippen LogP contribution in [0.15, 0.2) is 29.6 Å². The van der Waals surface area contributed by atoms with Crippen molar-refractivity contribution < 1.29 is 4.79 Å². The average molecular weight is 306 g/mol. The summed E-state index contributed by atoms with van der Waals surface area (Å²) in [6, 6.07) is 5.98. The van der Waals surface area contributed by atoms with Gasteiger partial charge in [-0.05, 0) is 25.5 Å². The highest BCUT2D eigenvalue weighted by molar-refractivity contribution is 7.99. The lowest BCUT2D eigenvalue weighted by Crippen LogP contribution is -2.33. The third-order valence-electron chi connectivity index (χ3n) is 3.26. The number of nitrogens with one attached hydrogen (secondary N) is 1. The Labute approximate surface area is 129 Å². The van der Waals surface area contributed by atoms with E-state index in [0.717, 1.165) is 17.2 Å². The summed E-state index contributed by atoms with van der Waals surface area (Å²) in [5.74, 6) is 0.421. The average Bonchev–Trinajstić information content (AvgIpc) is 2.88. The fourth-order valence-corrected chi connectivity index (χ4v) is 2.87. The molecule has 1 atom stereocenters. The first-order valence-corrected chi connectivity index (χ1v) is 8.41. The molecule has 21 heavy (non-hydrogen) atoms. The second kappa shape index (κ2) is 8.02. The van der Waals surface area contributed by atoms with Crippen LogP contribution in [0.2, 0.25) is 0 Å². The highest BCUT2D eigenvalue weighted by Crippen LogP contribution is 2.16. The molecule has 2 aromatic rings. The molecule has 1 unspecified atom stereocenters. The van der Waals surface area contributed by atoms with Gasteiger partial charge in [0.2, 0.25) is 5.91 Å². The molecule has 6 heteroatoms. The first kappa shape index (κ1) is 15.8. The maximum atomic E-state index is 11.9. The maximum absolute atomic E-state index is 11.9. The standard InChI is InChI=1S/C15H22N4OS/c1-3-4-5-8-12(2)16-14(20)11-21-15-18-17-13-9-6-7-10-19(13)15/h6-7,9-10,12H,3-5,8,11H2,1-2H3,(H,16,20). The lowest BCUT2D eigenvalue weighted by molar-refractivity contribution is -0.119. The van der Waals surface area contributed by atoms with E-state index in [4.69, 9.17) is 0 Å². The summed E-state index contributed by atoms with van der Waals surface area (Å²) in [5, 5.41) is 12.0. The Morgan fingerprint density at radius 2 is 2.24 bits per heavy atom. The normalized spacial score (nSPS) is 12.5. The molecule has 2 heterocycles. The second-order valence-corrected chi connectivity index (χ2v) is 6.11. The smallest absolute Gasteiger partial charge is 0.230 e. The van der Waals surface area contributed by atoms with Crippen molar-refractivity contribution in [2.24, 2.45) is 0 Å². The van der Waals surface area contributed by atoms with E-state index in [2.05, 4.69) is 29.4 Å². The molecule has 0 bridgehead atoms. The van der Waals surface area contributed by atoms with Crippen molar-refractivity contribution in [3.8, 4) is 0 Å². The number of hydrogen-bond donors (Lipinski definition) is 1. The number of hydrogen-bond acceptors (Lipinski definition) is 4. The van der Waals surface area contributed by atoms with Gasteiger partial charge in [0.05, 0.1) is 5.75 Å². The zero-order valence-corrected chi connectivity index (χ0v) is 13.4. The highest BCUT2D eigenvalue weighted by atomic mass is 32.2. The van der Waals surface area contributed by atoms with Gasteiger partial charge in [-0.15, -0.1) is 10.2 Å². The molecule has 2 rings (SSSR count). The molecule has 1 N–H and O–H groups in total. The summed E-state index contributed by atoms with van der Waals surface area (Å²) in [6.07, 6.45) is 6.54. The van der Waals surface area contributed by atoms with Gasteiger partial charge in [-0.3, -0.25) is 9.20 Å². The van der Waals surface area contributed by atoms with Crippen LogP contribution in [0.3, 0.4) is 0 Å². The first-order chi connectivity index (χ1) is 10.2. The number of thioether (sulfide) groups is 1. The van der Waals surface area contributed by atoms with Crippen LogP contribution in [0.1, 0.15) is 39.5 Å². The van der Waals surface area contributed by atoms with Crippen molar-refractivity contribution in [3.05, 3.63) is 24.4 Å². The van der Waals surface area contributed by atoms with Crippen LogP contribution in [0.5, 0.6) is 0 Å². The van der Waals surface area contributed by atoms with E-state index in [1.54, 1.807) is 0 Å². The Kier molecular flexibility index (Phi) is 6.04. The zero-order chi connectivity index (χ0) is 15.1. The number of carbonyl (C=O) groups is 1. The molecule has 0 saturated carbocycles. The van der Waals surface area contributed by atoms with E-state index >= 15 is 0 Å². The maximum Gasteiger partial charge on any atom is 0.230 e. The molecule has 0 radical (unpaired) electrons. The Morgan fingerprint density at radius 1 is 1.38 bits per heavy atom. The number of unbranched alkanes of at least 4 members (excludes halogenated alkanes) is 2. The van der Waals surface area contributed by atoms with Crippen LogP contribution in [0.4, 0.5) is 0 Å². The van der Waals surface area contributed by atoms with Crippen molar-refractivity contribution in [1.82, 2.24) is 19.9 Å². The van der Waals surface area contributed by atoms with Gasteiger partial charge in [0, 0.05) is 12.2 Å². The van der Waals surface area contributed by atoms with E-state index in [1.807, 2.05) is 28.8 Å². The van der Waals surface area contributed by atoms with Gasteiger partial charge in [0.25, 0.3) is 0 Å². The lowest BCUT2D eigenvalue weighted by Gasteiger charge is -2.13. The van der Waals surface area contributed by atoms with Crippen molar-refractivity contribution in [2.45, 2.75) is 50.7 Å². The Hall–Kier alpha value is -1.56. The minimum atomic E-state index is 0.0525. The molecule has 1 amide bonds. The summed E-state index contributed by atoms with van der Waals surface area (Å²) in [6.45, 7) is 4.24.